The second-order valence-electron chi connectivity index (χ2n) is 6.10. The van der Waals surface area contributed by atoms with Crippen molar-refractivity contribution in [3.63, 3.8) is 0 Å². The van der Waals surface area contributed by atoms with Crippen LogP contribution in [-0.4, -0.2) is 16.0 Å². The molecule has 0 aromatic carbocycles. The van der Waals surface area contributed by atoms with Crippen molar-refractivity contribution in [2.24, 2.45) is 23.7 Å². The van der Waals surface area contributed by atoms with E-state index >= 15 is 0 Å². The summed E-state index contributed by atoms with van der Waals surface area (Å²) >= 11 is 0. The number of hydrogen-bond acceptors (Lipinski definition) is 3. The second kappa shape index (κ2) is 3.21. The van der Waals surface area contributed by atoms with Gasteiger partial charge in [0.15, 0.2) is 0 Å². The van der Waals surface area contributed by atoms with Crippen molar-refractivity contribution >= 4 is 5.82 Å². The maximum Gasteiger partial charge on any atom is 0.147 e. The van der Waals surface area contributed by atoms with Crippen LogP contribution in [0.25, 0.3) is 0 Å². The minimum atomic E-state index is 0.705. The predicted octanol–water partition coefficient (Wildman–Crippen LogP) is 2.55. The molecule has 17 heavy (non-hydrogen) atoms. The van der Waals surface area contributed by atoms with Crippen molar-refractivity contribution in [3.05, 3.63) is 17.6 Å². The summed E-state index contributed by atoms with van der Waals surface area (Å²) in [5.74, 6) is 4.95. The molecule has 0 radical (unpaired) electrons. The molecule has 0 amide bonds. The van der Waals surface area contributed by atoms with Crippen LogP contribution in [0.3, 0.4) is 0 Å². The minimum absolute atomic E-state index is 0.705. The first-order chi connectivity index (χ1) is 8.24. The molecule has 0 spiro atoms. The lowest BCUT2D eigenvalue weighted by molar-refractivity contribution is 0.456. The number of nitrogens with one attached hydrogen (secondary N) is 1. The largest absolute Gasteiger partial charge is 0.365 e. The Balaban J connectivity index is 1.54. The molecule has 1 aromatic heterocycles. The van der Waals surface area contributed by atoms with Gasteiger partial charge in [-0.25, -0.2) is 4.98 Å². The van der Waals surface area contributed by atoms with Gasteiger partial charge in [-0.15, -0.1) is 0 Å². The van der Waals surface area contributed by atoms with Gasteiger partial charge < -0.3 is 5.32 Å². The summed E-state index contributed by atoms with van der Waals surface area (Å²) in [7, 11) is 0. The highest BCUT2D eigenvalue weighted by atomic mass is 15.1. The van der Waals surface area contributed by atoms with Crippen molar-refractivity contribution < 1.29 is 0 Å². The van der Waals surface area contributed by atoms with E-state index in [1.807, 2.05) is 20.0 Å². The van der Waals surface area contributed by atoms with Gasteiger partial charge >= 0.3 is 0 Å². The molecule has 2 bridgehead atoms. The van der Waals surface area contributed by atoms with Crippen LogP contribution in [0.2, 0.25) is 0 Å². The average molecular weight is 229 g/mol. The van der Waals surface area contributed by atoms with Crippen molar-refractivity contribution in [2.45, 2.75) is 39.2 Å². The first-order valence-electron chi connectivity index (χ1n) is 6.81. The number of rotatable bonds is 2. The SMILES string of the molecule is Cc1cnc(C)c(NC2C3C4CCC(C4)C23)n1. The Hall–Kier alpha value is -1.12. The number of aromatic nitrogens is 2. The van der Waals surface area contributed by atoms with E-state index in [-0.39, 0.29) is 0 Å². The fraction of sp³-hybridized carbons (Fsp3) is 0.714. The van der Waals surface area contributed by atoms with Gasteiger partial charge in [0.05, 0.1) is 11.4 Å². The summed E-state index contributed by atoms with van der Waals surface area (Å²) in [6.45, 7) is 4.05. The van der Waals surface area contributed by atoms with Crippen molar-refractivity contribution in [3.8, 4) is 0 Å². The summed E-state index contributed by atoms with van der Waals surface area (Å²) in [6, 6.07) is 0.705. The number of anilines is 1. The number of aryl methyl sites for hydroxylation is 2. The van der Waals surface area contributed by atoms with Crippen molar-refractivity contribution in [1.29, 1.82) is 0 Å². The standard InChI is InChI=1S/C14H19N3/c1-7-6-15-8(2)14(16-7)17-13-11-9-3-4-10(5-9)12(11)13/h6,9-13H,3-5H2,1-2H3,(H,16,17). The Labute approximate surface area is 102 Å². The number of hydrogen-bond donors (Lipinski definition) is 1. The topological polar surface area (TPSA) is 37.8 Å². The molecule has 4 atom stereocenters. The molecule has 3 nitrogen and oxygen atoms in total. The van der Waals surface area contributed by atoms with Gasteiger partial charge in [-0.05, 0) is 56.8 Å². The van der Waals surface area contributed by atoms with E-state index in [4.69, 9.17) is 0 Å². The summed E-state index contributed by atoms with van der Waals surface area (Å²) in [6.07, 6.45) is 6.30. The highest BCUT2D eigenvalue weighted by molar-refractivity contribution is 5.44. The second-order valence-corrected chi connectivity index (χ2v) is 6.10. The molecular formula is C14H19N3. The van der Waals surface area contributed by atoms with Crippen LogP contribution in [0.5, 0.6) is 0 Å². The van der Waals surface area contributed by atoms with Crippen LogP contribution in [0, 0.1) is 37.5 Å². The van der Waals surface area contributed by atoms with E-state index in [2.05, 4.69) is 15.3 Å². The lowest BCUT2D eigenvalue weighted by Crippen LogP contribution is -2.15. The lowest BCUT2D eigenvalue weighted by atomic mass is 10.0. The molecule has 3 saturated carbocycles. The summed E-state index contributed by atoms with van der Waals surface area (Å²) < 4.78 is 0. The Morgan fingerprint density at radius 2 is 1.88 bits per heavy atom. The normalized spacial score (nSPS) is 41.4. The molecule has 1 heterocycles. The fourth-order valence-corrected chi connectivity index (χ4v) is 4.35. The van der Waals surface area contributed by atoms with Crippen molar-refractivity contribution in [1.82, 2.24) is 9.97 Å². The van der Waals surface area contributed by atoms with E-state index in [0.717, 1.165) is 40.9 Å². The van der Waals surface area contributed by atoms with Gasteiger partial charge in [0.2, 0.25) is 0 Å². The van der Waals surface area contributed by atoms with E-state index in [1.165, 1.54) is 19.3 Å². The molecule has 4 unspecified atom stereocenters. The smallest absolute Gasteiger partial charge is 0.147 e. The molecule has 90 valence electrons. The van der Waals surface area contributed by atoms with E-state index in [0.29, 0.717) is 6.04 Å². The Bertz CT molecular complexity index is 455. The van der Waals surface area contributed by atoms with E-state index < -0.39 is 0 Å². The van der Waals surface area contributed by atoms with Gasteiger partial charge in [-0.1, -0.05) is 0 Å². The molecule has 3 aliphatic carbocycles. The fourth-order valence-electron chi connectivity index (χ4n) is 4.35. The van der Waals surface area contributed by atoms with Crippen LogP contribution in [0.1, 0.15) is 30.7 Å². The molecule has 3 fully saturated rings. The van der Waals surface area contributed by atoms with Crippen LogP contribution < -0.4 is 5.32 Å². The third-order valence-corrected chi connectivity index (χ3v) is 5.11. The Morgan fingerprint density at radius 1 is 1.18 bits per heavy atom. The van der Waals surface area contributed by atoms with Gasteiger partial charge in [0.25, 0.3) is 0 Å². The predicted molar refractivity (Wildman–Crippen MR) is 66.7 cm³/mol. The van der Waals surface area contributed by atoms with E-state index in [1.54, 1.807) is 0 Å². The first-order valence-corrected chi connectivity index (χ1v) is 6.81. The molecule has 1 N–H and O–H groups in total. The van der Waals surface area contributed by atoms with Gasteiger partial charge in [-0.3, -0.25) is 4.98 Å². The third kappa shape index (κ3) is 1.34. The third-order valence-electron chi connectivity index (χ3n) is 5.11. The molecule has 3 aliphatic rings. The number of fused-ring (bicyclic) bond motifs is 5. The summed E-state index contributed by atoms with van der Waals surface area (Å²) in [4.78, 5) is 8.96. The highest BCUT2D eigenvalue weighted by Crippen LogP contribution is 2.66. The molecular weight excluding hydrogens is 210 g/mol. The van der Waals surface area contributed by atoms with Gasteiger partial charge in [-0.2, -0.15) is 0 Å². The number of nitrogens with zero attached hydrogens (tertiary/aromatic N) is 2. The maximum atomic E-state index is 4.58. The minimum Gasteiger partial charge on any atom is -0.365 e. The zero-order chi connectivity index (χ0) is 11.6. The van der Waals surface area contributed by atoms with Crippen LogP contribution >= 0.6 is 0 Å². The molecule has 0 saturated heterocycles. The van der Waals surface area contributed by atoms with Gasteiger partial charge in [0, 0.05) is 12.2 Å². The van der Waals surface area contributed by atoms with Crippen LogP contribution in [0.15, 0.2) is 6.20 Å². The average Bonchev–Trinajstić information content (AvgIpc) is 2.72. The molecule has 4 rings (SSSR count). The zero-order valence-corrected chi connectivity index (χ0v) is 10.5. The molecule has 3 heteroatoms. The summed E-state index contributed by atoms with van der Waals surface area (Å²) in [5.41, 5.74) is 2.04. The quantitative estimate of drug-likeness (QED) is 0.847. The lowest BCUT2D eigenvalue weighted by Gasteiger charge is -2.12. The maximum absolute atomic E-state index is 4.58. The van der Waals surface area contributed by atoms with E-state index in [9.17, 15) is 0 Å². The molecule has 0 aliphatic heterocycles. The van der Waals surface area contributed by atoms with Gasteiger partial charge in [0.1, 0.15) is 5.82 Å². The Kier molecular flexibility index (Phi) is 1.86. The zero-order valence-electron chi connectivity index (χ0n) is 10.5. The van der Waals surface area contributed by atoms with Crippen molar-refractivity contribution in [2.75, 3.05) is 5.32 Å². The Morgan fingerprint density at radius 3 is 2.59 bits per heavy atom. The summed E-state index contributed by atoms with van der Waals surface area (Å²) in [5, 5.41) is 3.65. The van der Waals surface area contributed by atoms with Crippen LogP contribution in [-0.2, 0) is 0 Å². The monoisotopic (exact) mass is 229 g/mol. The molecule has 1 aromatic rings. The highest BCUT2D eigenvalue weighted by Gasteiger charge is 2.65. The van der Waals surface area contributed by atoms with Crippen LogP contribution in [0.4, 0.5) is 5.82 Å². The first kappa shape index (κ1) is 9.86.